The summed E-state index contributed by atoms with van der Waals surface area (Å²) in [6, 6.07) is 4.94. The maximum atomic E-state index is 12.9. The minimum absolute atomic E-state index is 0.0957. The van der Waals surface area contributed by atoms with Gasteiger partial charge in [-0.15, -0.1) is 0 Å². The van der Waals surface area contributed by atoms with E-state index >= 15 is 0 Å². The molecule has 0 spiro atoms. The molecule has 1 unspecified atom stereocenters. The van der Waals surface area contributed by atoms with Gasteiger partial charge in [0.15, 0.2) is 5.66 Å². The molecule has 2 heterocycles. The van der Waals surface area contributed by atoms with Gasteiger partial charge < -0.3 is 11.1 Å². The van der Waals surface area contributed by atoms with Crippen LogP contribution >= 0.6 is 0 Å². The summed E-state index contributed by atoms with van der Waals surface area (Å²) in [7, 11) is 0. The standard InChI is InChI=1S/C13H12F3N5/c14-13(15,16)11-4-3-10(17)12(18,20-11)8-1-2-9-7(5-8)6-19-21-9/h1-6,20H,17-18H2,(H,19,21). The van der Waals surface area contributed by atoms with Crippen molar-refractivity contribution in [1.29, 1.82) is 0 Å². The summed E-state index contributed by atoms with van der Waals surface area (Å²) >= 11 is 0. The van der Waals surface area contributed by atoms with Crippen LogP contribution in [0.4, 0.5) is 13.2 Å². The van der Waals surface area contributed by atoms with Gasteiger partial charge >= 0.3 is 6.18 Å². The Morgan fingerprint density at radius 1 is 1.19 bits per heavy atom. The van der Waals surface area contributed by atoms with Crippen molar-refractivity contribution in [2.45, 2.75) is 11.8 Å². The Morgan fingerprint density at radius 3 is 2.67 bits per heavy atom. The molecular weight excluding hydrogens is 283 g/mol. The number of aromatic nitrogens is 2. The van der Waals surface area contributed by atoms with Gasteiger partial charge in [0.05, 0.1) is 17.4 Å². The highest BCUT2D eigenvalue weighted by Gasteiger charge is 2.42. The molecule has 0 saturated heterocycles. The number of nitrogens with two attached hydrogens (primary N) is 2. The fourth-order valence-corrected chi connectivity index (χ4v) is 2.22. The first-order valence-corrected chi connectivity index (χ1v) is 6.06. The monoisotopic (exact) mass is 295 g/mol. The zero-order chi connectivity index (χ0) is 15.3. The van der Waals surface area contributed by atoms with E-state index in [1.807, 2.05) is 0 Å². The minimum atomic E-state index is -4.53. The zero-order valence-electron chi connectivity index (χ0n) is 10.7. The molecule has 110 valence electrons. The van der Waals surface area contributed by atoms with Gasteiger partial charge in [-0.25, -0.2) is 0 Å². The molecule has 1 aromatic heterocycles. The van der Waals surface area contributed by atoms with E-state index in [1.165, 1.54) is 6.08 Å². The number of allylic oxidation sites excluding steroid dienone is 3. The van der Waals surface area contributed by atoms with Crippen LogP contribution in [-0.4, -0.2) is 16.4 Å². The van der Waals surface area contributed by atoms with Crippen molar-refractivity contribution in [3.05, 3.63) is 53.5 Å². The second-order valence-electron chi connectivity index (χ2n) is 4.81. The number of benzene rings is 1. The smallest absolute Gasteiger partial charge is 0.399 e. The van der Waals surface area contributed by atoms with Gasteiger partial charge in [0.1, 0.15) is 5.70 Å². The molecule has 1 aliphatic rings. The molecule has 0 saturated carbocycles. The number of fused-ring (bicyclic) bond motifs is 1. The van der Waals surface area contributed by atoms with Crippen LogP contribution in [0.2, 0.25) is 0 Å². The largest absolute Gasteiger partial charge is 0.430 e. The lowest BCUT2D eigenvalue weighted by molar-refractivity contribution is -0.0995. The van der Waals surface area contributed by atoms with Crippen LogP contribution in [0.3, 0.4) is 0 Å². The summed E-state index contributed by atoms with van der Waals surface area (Å²) in [5.41, 5.74) is 10.6. The Bertz CT molecular complexity index is 758. The maximum absolute atomic E-state index is 12.9. The van der Waals surface area contributed by atoms with E-state index in [9.17, 15) is 13.2 Å². The molecule has 0 fully saturated rings. The number of halogens is 3. The SMILES string of the molecule is NC1=CC=C(C(F)(F)F)NC1(N)c1ccc2[nH]ncc2c1. The first-order chi connectivity index (χ1) is 9.80. The van der Waals surface area contributed by atoms with E-state index in [0.29, 0.717) is 5.56 Å². The Balaban J connectivity index is 2.07. The summed E-state index contributed by atoms with van der Waals surface area (Å²) in [6.45, 7) is 0. The van der Waals surface area contributed by atoms with Crippen LogP contribution in [-0.2, 0) is 5.66 Å². The third-order valence-corrected chi connectivity index (χ3v) is 3.42. The molecule has 21 heavy (non-hydrogen) atoms. The minimum Gasteiger partial charge on any atom is -0.399 e. The summed E-state index contributed by atoms with van der Waals surface area (Å²) in [5.74, 6) is 0. The van der Waals surface area contributed by atoms with Crippen LogP contribution in [0, 0.1) is 0 Å². The molecule has 0 radical (unpaired) electrons. The van der Waals surface area contributed by atoms with E-state index < -0.39 is 17.5 Å². The molecule has 0 amide bonds. The third-order valence-electron chi connectivity index (χ3n) is 3.42. The summed E-state index contributed by atoms with van der Waals surface area (Å²) < 4.78 is 38.6. The average molecular weight is 295 g/mol. The molecule has 5 nitrogen and oxygen atoms in total. The molecule has 1 aromatic carbocycles. The van der Waals surface area contributed by atoms with Gasteiger partial charge in [0, 0.05) is 5.39 Å². The van der Waals surface area contributed by atoms with Gasteiger partial charge in [0.2, 0.25) is 0 Å². The fourth-order valence-electron chi connectivity index (χ4n) is 2.22. The van der Waals surface area contributed by atoms with Crippen molar-refractivity contribution in [3.8, 4) is 0 Å². The van der Waals surface area contributed by atoms with Gasteiger partial charge in [-0.2, -0.15) is 18.3 Å². The number of hydrogen-bond acceptors (Lipinski definition) is 4. The lowest BCUT2D eigenvalue weighted by Crippen LogP contribution is -2.56. The molecule has 0 bridgehead atoms. The number of dihydropyridines is 1. The van der Waals surface area contributed by atoms with Gasteiger partial charge in [-0.3, -0.25) is 10.8 Å². The molecule has 6 N–H and O–H groups in total. The maximum Gasteiger partial charge on any atom is 0.430 e. The molecule has 1 aliphatic heterocycles. The van der Waals surface area contributed by atoms with Crippen molar-refractivity contribution < 1.29 is 13.2 Å². The van der Waals surface area contributed by atoms with E-state index in [1.54, 1.807) is 24.4 Å². The predicted molar refractivity (Wildman–Crippen MR) is 71.5 cm³/mol. The highest BCUT2D eigenvalue weighted by Crippen LogP contribution is 2.33. The molecule has 2 aromatic rings. The lowest BCUT2D eigenvalue weighted by Gasteiger charge is -2.36. The molecular formula is C13H12F3N5. The Hall–Kier alpha value is -2.48. The number of nitrogens with one attached hydrogen (secondary N) is 2. The van der Waals surface area contributed by atoms with E-state index in [2.05, 4.69) is 15.5 Å². The van der Waals surface area contributed by atoms with Crippen LogP contribution in [0.15, 0.2) is 47.9 Å². The molecule has 0 aliphatic carbocycles. The zero-order valence-corrected chi connectivity index (χ0v) is 10.7. The number of H-pyrrole nitrogens is 1. The number of rotatable bonds is 1. The molecule has 8 heteroatoms. The van der Waals surface area contributed by atoms with Crippen molar-refractivity contribution in [2.75, 3.05) is 0 Å². The predicted octanol–water partition coefficient (Wildman–Crippen LogP) is 1.57. The number of alkyl halides is 3. The van der Waals surface area contributed by atoms with Crippen LogP contribution < -0.4 is 16.8 Å². The average Bonchev–Trinajstić information content (AvgIpc) is 2.88. The Labute approximate surface area is 117 Å². The number of hydrogen-bond donors (Lipinski definition) is 4. The van der Waals surface area contributed by atoms with Crippen molar-refractivity contribution in [1.82, 2.24) is 15.5 Å². The Kier molecular flexibility index (Phi) is 2.74. The van der Waals surface area contributed by atoms with Crippen LogP contribution in [0.1, 0.15) is 5.56 Å². The summed E-state index contributed by atoms with van der Waals surface area (Å²) in [4.78, 5) is 0. The molecule has 3 rings (SSSR count). The third kappa shape index (κ3) is 2.13. The fraction of sp³-hybridized carbons (Fsp3) is 0.154. The first-order valence-electron chi connectivity index (χ1n) is 6.06. The Morgan fingerprint density at radius 2 is 1.95 bits per heavy atom. The van der Waals surface area contributed by atoms with E-state index in [4.69, 9.17) is 11.5 Å². The lowest BCUT2D eigenvalue weighted by atomic mass is 9.93. The van der Waals surface area contributed by atoms with Crippen molar-refractivity contribution in [2.24, 2.45) is 11.5 Å². The van der Waals surface area contributed by atoms with E-state index in [-0.39, 0.29) is 5.70 Å². The quantitative estimate of drug-likeness (QED) is 0.642. The van der Waals surface area contributed by atoms with Gasteiger partial charge in [-0.05, 0) is 29.8 Å². The number of nitrogens with zero attached hydrogens (tertiary/aromatic N) is 1. The van der Waals surface area contributed by atoms with Gasteiger partial charge in [0.25, 0.3) is 0 Å². The van der Waals surface area contributed by atoms with Crippen LogP contribution in [0.25, 0.3) is 10.9 Å². The first kappa shape index (κ1) is 13.5. The van der Waals surface area contributed by atoms with Crippen molar-refractivity contribution in [3.63, 3.8) is 0 Å². The molecule has 1 atom stereocenters. The summed E-state index contributed by atoms with van der Waals surface area (Å²) in [6.07, 6.45) is -0.928. The van der Waals surface area contributed by atoms with E-state index in [0.717, 1.165) is 17.0 Å². The second-order valence-corrected chi connectivity index (χ2v) is 4.81. The normalized spacial score (nSPS) is 22.7. The topological polar surface area (TPSA) is 92.7 Å². The highest BCUT2D eigenvalue weighted by molar-refractivity contribution is 5.79. The van der Waals surface area contributed by atoms with Gasteiger partial charge in [-0.1, -0.05) is 6.07 Å². The second kappa shape index (κ2) is 4.26. The highest BCUT2D eigenvalue weighted by atomic mass is 19.4. The number of aromatic amines is 1. The summed E-state index contributed by atoms with van der Waals surface area (Å²) in [5, 5.41) is 9.63. The van der Waals surface area contributed by atoms with Crippen molar-refractivity contribution >= 4 is 10.9 Å². The van der Waals surface area contributed by atoms with Crippen LogP contribution in [0.5, 0.6) is 0 Å².